The lowest BCUT2D eigenvalue weighted by atomic mass is 10.0. The van der Waals surface area contributed by atoms with Crippen LogP contribution in [-0.2, 0) is 9.84 Å². The Balaban J connectivity index is 2.19. The van der Waals surface area contributed by atoms with E-state index in [9.17, 15) is 13.2 Å². The SMILES string of the molecule is CC(C)S(=O)(=O)c1c(C(=O)c2cnoc2C2CC2)ccc(Cl)c1Br. The van der Waals surface area contributed by atoms with Crippen LogP contribution >= 0.6 is 27.5 Å². The molecule has 0 N–H and O–H groups in total. The number of sulfone groups is 1. The fourth-order valence-corrected chi connectivity index (χ4v) is 4.96. The van der Waals surface area contributed by atoms with E-state index in [0.29, 0.717) is 11.3 Å². The van der Waals surface area contributed by atoms with Gasteiger partial charge in [-0.2, -0.15) is 0 Å². The van der Waals surface area contributed by atoms with Gasteiger partial charge >= 0.3 is 0 Å². The molecule has 3 rings (SSSR count). The number of ketones is 1. The van der Waals surface area contributed by atoms with Crippen molar-refractivity contribution in [3.8, 4) is 0 Å². The van der Waals surface area contributed by atoms with Crippen LogP contribution in [0.25, 0.3) is 0 Å². The van der Waals surface area contributed by atoms with Crippen molar-refractivity contribution in [1.82, 2.24) is 5.16 Å². The zero-order chi connectivity index (χ0) is 17.6. The van der Waals surface area contributed by atoms with Crippen LogP contribution < -0.4 is 0 Å². The average molecular weight is 433 g/mol. The minimum atomic E-state index is -3.72. The van der Waals surface area contributed by atoms with E-state index in [0.717, 1.165) is 12.8 Å². The van der Waals surface area contributed by atoms with Crippen molar-refractivity contribution >= 4 is 43.2 Å². The lowest BCUT2D eigenvalue weighted by molar-refractivity contribution is 0.103. The first-order chi connectivity index (χ1) is 11.2. The lowest BCUT2D eigenvalue weighted by Crippen LogP contribution is -2.19. The van der Waals surface area contributed by atoms with Gasteiger partial charge in [-0.25, -0.2) is 8.42 Å². The standard InChI is InChI=1S/C16H15BrClNO4S/c1-8(2)24(21,22)16-10(5-6-12(18)13(16)17)14(20)11-7-19-23-15(11)9-3-4-9/h5-9H,3-4H2,1-2H3. The van der Waals surface area contributed by atoms with Crippen LogP contribution in [0.3, 0.4) is 0 Å². The van der Waals surface area contributed by atoms with Crippen molar-refractivity contribution in [3.05, 3.63) is 44.7 Å². The number of hydrogen-bond donors (Lipinski definition) is 0. The van der Waals surface area contributed by atoms with Crippen molar-refractivity contribution in [2.45, 2.75) is 42.8 Å². The van der Waals surface area contributed by atoms with Crippen LogP contribution in [0.1, 0.15) is 54.3 Å². The largest absolute Gasteiger partial charge is 0.360 e. The number of nitrogens with zero attached hydrogens (tertiary/aromatic N) is 1. The summed E-state index contributed by atoms with van der Waals surface area (Å²) in [6, 6.07) is 2.94. The summed E-state index contributed by atoms with van der Waals surface area (Å²) in [7, 11) is -3.72. The van der Waals surface area contributed by atoms with Gasteiger partial charge in [0.15, 0.2) is 21.4 Å². The molecule has 24 heavy (non-hydrogen) atoms. The Morgan fingerprint density at radius 1 is 1.33 bits per heavy atom. The fourth-order valence-electron chi connectivity index (χ4n) is 2.43. The minimum absolute atomic E-state index is 0.0741. The predicted molar refractivity (Wildman–Crippen MR) is 93.4 cm³/mol. The van der Waals surface area contributed by atoms with Crippen molar-refractivity contribution in [1.29, 1.82) is 0 Å². The molecule has 0 aliphatic heterocycles. The molecule has 128 valence electrons. The van der Waals surface area contributed by atoms with E-state index >= 15 is 0 Å². The van der Waals surface area contributed by atoms with Crippen LogP contribution in [0, 0.1) is 0 Å². The Bertz CT molecular complexity index is 916. The highest BCUT2D eigenvalue weighted by Crippen LogP contribution is 2.43. The molecule has 1 aliphatic rings. The topological polar surface area (TPSA) is 77.2 Å². The number of halogens is 2. The van der Waals surface area contributed by atoms with E-state index in [1.54, 1.807) is 13.8 Å². The number of benzene rings is 1. The molecule has 1 fully saturated rings. The van der Waals surface area contributed by atoms with E-state index in [1.807, 2.05) is 0 Å². The quantitative estimate of drug-likeness (QED) is 0.655. The maximum Gasteiger partial charge on any atom is 0.199 e. The second-order valence-electron chi connectivity index (χ2n) is 6.04. The molecule has 1 heterocycles. The monoisotopic (exact) mass is 431 g/mol. The maximum absolute atomic E-state index is 13.0. The Hall–Kier alpha value is -1.18. The van der Waals surface area contributed by atoms with Crippen LogP contribution in [0.15, 0.2) is 32.2 Å². The van der Waals surface area contributed by atoms with Gasteiger partial charge in [-0.1, -0.05) is 16.8 Å². The molecule has 1 aromatic carbocycles. The molecule has 1 saturated carbocycles. The lowest BCUT2D eigenvalue weighted by Gasteiger charge is -2.15. The summed E-state index contributed by atoms with van der Waals surface area (Å²) >= 11 is 9.29. The van der Waals surface area contributed by atoms with Gasteiger partial charge in [-0.15, -0.1) is 0 Å². The molecule has 5 nitrogen and oxygen atoms in total. The van der Waals surface area contributed by atoms with Crippen molar-refractivity contribution in [2.24, 2.45) is 0 Å². The third kappa shape index (κ3) is 2.93. The highest BCUT2D eigenvalue weighted by molar-refractivity contribution is 9.10. The second-order valence-corrected chi connectivity index (χ2v) is 9.68. The van der Waals surface area contributed by atoms with Crippen molar-refractivity contribution < 1.29 is 17.7 Å². The normalized spacial score (nSPS) is 15.0. The van der Waals surface area contributed by atoms with Gasteiger partial charge in [0, 0.05) is 11.5 Å². The first kappa shape index (κ1) is 17.6. The smallest absolute Gasteiger partial charge is 0.199 e. The summed E-state index contributed by atoms with van der Waals surface area (Å²) in [5.74, 6) is 0.293. The van der Waals surface area contributed by atoms with Crippen LogP contribution in [0.2, 0.25) is 5.02 Å². The van der Waals surface area contributed by atoms with Gasteiger partial charge in [-0.3, -0.25) is 4.79 Å². The average Bonchev–Trinajstić information content (AvgIpc) is 3.25. The Morgan fingerprint density at radius 2 is 2.00 bits per heavy atom. The molecule has 0 bridgehead atoms. The van der Waals surface area contributed by atoms with E-state index < -0.39 is 20.9 Å². The number of rotatable bonds is 5. The number of hydrogen-bond acceptors (Lipinski definition) is 5. The van der Waals surface area contributed by atoms with Crippen molar-refractivity contribution in [3.63, 3.8) is 0 Å². The number of aromatic nitrogens is 1. The Kier molecular flexibility index (Phi) is 4.61. The molecule has 0 saturated heterocycles. The van der Waals surface area contributed by atoms with E-state index in [2.05, 4.69) is 21.1 Å². The van der Waals surface area contributed by atoms with Gasteiger partial charge in [-0.05, 0) is 54.8 Å². The minimum Gasteiger partial charge on any atom is -0.360 e. The van der Waals surface area contributed by atoms with Crippen molar-refractivity contribution in [2.75, 3.05) is 0 Å². The molecular formula is C16H15BrClNO4S. The summed E-state index contributed by atoms with van der Waals surface area (Å²) in [6.07, 6.45) is 3.23. The zero-order valence-corrected chi connectivity index (χ0v) is 16.2. The van der Waals surface area contributed by atoms with Gasteiger partial charge in [0.2, 0.25) is 0 Å². The molecule has 0 amide bonds. The maximum atomic E-state index is 13.0. The van der Waals surface area contributed by atoms with Gasteiger partial charge in [0.1, 0.15) is 0 Å². The number of carbonyl (C=O) groups excluding carboxylic acids is 1. The van der Waals surface area contributed by atoms with Crippen LogP contribution in [-0.4, -0.2) is 24.6 Å². The highest BCUT2D eigenvalue weighted by atomic mass is 79.9. The Morgan fingerprint density at radius 3 is 2.58 bits per heavy atom. The van der Waals surface area contributed by atoms with Gasteiger partial charge in [0.25, 0.3) is 0 Å². The third-order valence-electron chi connectivity index (χ3n) is 3.99. The van der Waals surface area contributed by atoms with Crippen LogP contribution in [0.5, 0.6) is 0 Å². The molecule has 1 aliphatic carbocycles. The van der Waals surface area contributed by atoms with E-state index in [-0.39, 0.29) is 25.9 Å². The van der Waals surface area contributed by atoms with E-state index in [4.69, 9.17) is 16.1 Å². The summed E-state index contributed by atoms with van der Waals surface area (Å²) in [6.45, 7) is 3.12. The molecule has 2 aromatic rings. The Labute approximate surface area is 153 Å². The summed E-state index contributed by atoms with van der Waals surface area (Å²) < 4.78 is 30.9. The fraction of sp³-hybridized carbons (Fsp3) is 0.375. The molecule has 0 radical (unpaired) electrons. The summed E-state index contributed by atoms with van der Waals surface area (Å²) in [5, 5.41) is 3.26. The third-order valence-corrected chi connectivity index (χ3v) is 7.85. The van der Waals surface area contributed by atoms with Crippen LogP contribution in [0.4, 0.5) is 0 Å². The molecule has 0 unspecified atom stereocenters. The number of carbonyl (C=O) groups is 1. The summed E-state index contributed by atoms with van der Waals surface area (Å²) in [5.41, 5.74) is 0.386. The van der Waals surface area contributed by atoms with E-state index in [1.165, 1.54) is 18.3 Å². The molecular weight excluding hydrogens is 418 g/mol. The first-order valence-corrected chi connectivity index (χ1v) is 10.2. The molecule has 0 atom stereocenters. The molecule has 0 spiro atoms. The predicted octanol–water partition coefficient (Wildman–Crippen LogP) is 4.38. The second kappa shape index (κ2) is 6.28. The molecule has 8 heteroatoms. The molecule has 1 aromatic heterocycles. The van der Waals surface area contributed by atoms with Gasteiger partial charge < -0.3 is 4.52 Å². The summed E-state index contributed by atoms with van der Waals surface area (Å²) in [4.78, 5) is 12.9. The first-order valence-electron chi connectivity index (χ1n) is 7.46. The highest BCUT2D eigenvalue weighted by Gasteiger charge is 2.35. The van der Waals surface area contributed by atoms with Gasteiger partial charge in [0.05, 0.1) is 31.4 Å². The zero-order valence-electron chi connectivity index (χ0n) is 13.0.